The lowest BCUT2D eigenvalue weighted by atomic mass is 10.2. The molecular formula is C13H13ClN2O. The molecule has 1 heterocycles. The number of halogens is 1. The van der Waals surface area contributed by atoms with E-state index in [0.717, 1.165) is 5.56 Å². The van der Waals surface area contributed by atoms with E-state index in [2.05, 4.69) is 4.98 Å². The van der Waals surface area contributed by atoms with Crippen LogP contribution in [-0.4, -0.2) is 4.98 Å². The monoisotopic (exact) mass is 248 g/mol. The van der Waals surface area contributed by atoms with Crippen molar-refractivity contribution in [1.82, 2.24) is 4.98 Å². The molecular weight excluding hydrogens is 236 g/mol. The zero-order valence-corrected chi connectivity index (χ0v) is 10.0. The van der Waals surface area contributed by atoms with Crippen LogP contribution in [0.1, 0.15) is 11.3 Å². The summed E-state index contributed by atoms with van der Waals surface area (Å²) in [5.41, 5.74) is 7.27. The van der Waals surface area contributed by atoms with Gasteiger partial charge in [-0.25, -0.2) is 4.98 Å². The maximum atomic E-state index is 5.92. The van der Waals surface area contributed by atoms with Gasteiger partial charge in [-0.05, 0) is 11.6 Å². The Balaban J connectivity index is 2.04. The van der Waals surface area contributed by atoms with Gasteiger partial charge in [0, 0.05) is 12.6 Å². The molecule has 0 aliphatic rings. The third kappa shape index (κ3) is 3.19. The molecule has 3 nitrogen and oxygen atoms in total. The third-order valence-corrected chi connectivity index (χ3v) is 2.66. The van der Waals surface area contributed by atoms with Gasteiger partial charge in [-0.3, -0.25) is 0 Å². The molecule has 0 unspecified atom stereocenters. The first-order valence-electron chi connectivity index (χ1n) is 5.32. The highest BCUT2D eigenvalue weighted by Crippen LogP contribution is 2.18. The molecule has 0 amide bonds. The molecule has 17 heavy (non-hydrogen) atoms. The van der Waals surface area contributed by atoms with E-state index in [-0.39, 0.29) is 0 Å². The molecule has 2 aromatic rings. The fourth-order valence-corrected chi connectivity index (χ4v) is 1.60. The van der Waals surface area contributed by atoms with Crippen LogP contribution >= 0.6 is 11.6 Å². The fourth-order valence-electron chi connectivity index (χ4n) is 1.42. The van der Waals surface area contributed by atoms with Crippen LogP contribution in [0.25, 0.3) is 0 Å². The molecule has 0 bridgehead atoms. The van der Waals surface area contributed by atoms with Crippen molar-refractivity contribution in [2.45, 2.75) is 13.2 Å². The molecule has 88 valence electrons. The van der Waals surface area contributed by atoms with Crippen molar-refractivity contribution in [2.24, 2.45) is 5.73 Å². The van der Waals surface area contributed by atoms with Gasteiger partial charge >= 0.3 is 0 Å². The minimum atomic E-state index is 0.307. The average molecular weight is 249 g/mol. The van der Waals surface area contributed by atoms with E-state index in [0.29, 0.717) is 29.7 Å². The Morgan fingerprint density at radius 2 is 1.88 bits per heavy atom. The molecule has 0 saturated heterocycles. The first kappa shape index (κ1) is 11.9. The van der Waals surface area contributed by atoms with Crippen LogP contribution in [0.5, 0.6) is 5.88 Å². The highest BCUT2D eigenvalue weighted by molar-refractivity contribution is 6.31. The number of hydrogen-bond acceptors (Lipinski definition) is 3. The molecule has 0 spiro atoms. The second-order valence-electron chi connectivity index (χ2n) is 3.56. The molecule has 0 radical (unpaired) electrons. The van der Waals surface area contributed by atoms with Crippen molar-refractivity contribution < 1.29 is 4.74 Å². The summed E-state index contributed by atoms with van der Waals surface area (Å²) in [4.78, 5) is 4.23. The van der Waals surface area contributed by atoms with E-state index in [9.17, 15) is 0 Å². The lowest BCUT2D eigenvalue weighted by molar-refractivity contribution is 0.293. The number of ether oxygens (including phenoxy) is 1. The van der Waals surface area contributed by atoms with Crippen LogP contribution in [0.2, 0.25) is 5.02 Å². The van der Waals surface area contributed by atoms with E-state index in [4.69, 9.17) is 22.1 Å². The van der Waals surface area contributed by atoms with Crippen LogP contribution in [0.15, 0.2) is 42.5 Å². The van der Waals surface area contributed by atoms with Crippen LogP contribution in [0.4, 0.5) is 0 Å². The Labute approximate surface area is 105 Å². The SMILES string of the molecule is NCc1nc(OCc2ccccc2)ccc1Cl. The molecule has 0 saturated carbocycles. The number of benzene rings is 1. The number of pyridine rings is 1. The Hall–Kier alpha value is -1.58. The summed E-state index contributed by atoms with van der Waals surface area (Å²) < 4.78 is 5.56. The zero-order valence-electron chi connectivity index (χ0n) is 9.27. The third-order valence-electron chi connectivity index (χ3n) is 2.32. The fraction of sp³-hybridized carbons (Fsp3) is 0.154. The number of aromatic nitrogens is 1. The Morgan fingerprint density at radius 3 is 2.59 bits per heavy atom. The van der Waals surface area contributed by atoms with Gasteiger partial charge in [0.2, 0.25) is 5.88 Å². The summed E-state index contributed by atoms with van der Waals surface area (Å²) in [6.07, 6.45) is 0. The van der Waals surface area contributed by atoms with Gasteiger partial charge in [-0.1, -0.05) is 41.9 Å². The molecule has 1 aromatic heterocycles. The normalized spacial score (nSPS) is 10.2. The number of nitrogens with zero attached hydrogens (tertiary/aromatic N) is 1. The molecule has 0 aliphatic carbocycles. The van der Waals surface area contributed by atoms with Crippen LogP contribution in [0.3, 0.4) is 0 Å². The van der Waals surface area contributed by atoms with E-state index in [1.54, 1.807) is 12.1 Å². The van der Waals surface area contributed by atoms with Crippen molar-refractivity contribution in [3.05, 3.63) is 58.7 Å². The standard InChI is InChI=1S/C13H13ClN2O/c14-11-6-7-13(16-12(11)8-15)17-9-10-4-2-1-3-5-10/h1-7H,8-9,15H2. The Bertz CT molecular complexity index is 488. The Morgan fingerprint density at radius 1 is 1.12 bits per heavy atom. The average Bonchev–Trinajstić information content (AvgIpc) is 2.39. The van der Waals surface area contributed by atoms with Gasteiger partial charge in [0.15, 0.2) is 0 Å². The van der Waals surface area contributed by atoms with Crippen molar-refractivity contribution in [1.29, 1.82) is 0 Å². The predicted octanol–water partition coefficient (Wildman–Crippen LogP) is 2.77. The molecule has 0 aliphatic heterocycles. The first-order valence-corrected chi connectivity index (χ1v) is 5.69. The van der Waals surface area contributed by atoms with Gasteiger partial charge in [0.05, 0.1) is 10.7 Å². The molecule has 4 heteroatoms. The summed E-state index contributed by atoms with van der Waals surface area (Å²) in [6.45, 7) is 0.793. The highest BCUT2D eigenvalue weighted by Gasteiger charge is 2.03. The number of hydrogen-bond donors (Lipinski definition) is 1. The summed E-state index contributed by atoms with van der Waals surface area (Å²) in [6, 6.07) is 13.4. The smallest absolute Gasteiger partial charge is 0.213 e. The van der Waals surface area contributed by atoms with E-state index in [1.807, 2.05) is 30.3 Å². The maximum absolute atomic E-state index is 5.92. The van der Waals surface area contributed by atoms with Gasteiger partial charge < -0.3 is 10.5 Å². The minimum absolute atomic E-state index is 0.307. The summed E-state index contributed by atoms with van der Waals surface area (Å²) in [7, 11) is 0. The maximum Gasteiger partial charge on any atom is 0.213 e. The van der Waals surface area contributed by atoms with E-state index in [1.165, 1.54) is 0 Å². The number of nitrogens with two attached hydrogens (primary N) is 1. The second-order valence-corrected chi connectivity index (χ2v) is 3.96. The van der Waals surface area contributed by atoms with Crippen molar-refractivity contribution in [3.63, 3.8) is 0 Å². The molecule has 2 N–H and O–H groups in total. The van der Waals surface area contributed by atoms with Crippen molar-refractivity contribution in [3.8, 4) is 5.88 Å². The van der Waals surface area contributed by atoms with Crippen LogP contribution < -0.4 is 10.5 Å². The summed E-state index contributed by atoms with van der Waals surface area (Å²) in [5, 5.41) is 0.569. The van der Waals surface area contributed by atoms with E-state index < -0.39 is 0 Å². The largest absolute Gasteiger partial charge is 0.473 e. The predicted molar refractivity (Wildman–Crippen MR) is 67.9 cm³/mol. The first-order chi connectivity index (χ1) is 8.29. The van der Waals surface area contributed by atoms with E-state index >= 15 is 0 Å². The number of rotatable bonds is 4. The van der Waals surface area contributed by atoms with Gasteiger partial charge in [0.25, 0.3) is 0 Å². The van der Waals surface area contributed by atoms with Crippen molar-refractivity contribution >= 4 is 11.6 Å². The molecule has 0 atom stereocenters. The van der Waals surface area contributed by atoms with Gasteiger partial charge in [-0.15, -0.1) is 0 Å². The van der Waals surface area contributed by atoms with Crippen molar-refractivity contribution in [2.75, 3.05) is 0 Å². The van der Waals surface area contributed by atoms with Gasteiger partial charge in [-0.2, -0.15) is 0 Å². The quantitative estimate of drug-likeness (QED) is 0.905. The molecule has 2 rings (SSSR count). The highest BCUT2D eigenvalue weighted by atomic mass is 35.5. The van der Waals surface area contributed by atoms with Crippen LogP contribution in [-0.2, 0) is 13.2 Å². The summed E-state index contributed by atoms with van der Waals surface area (Å²) >= 11 is 5.92. The topological polar surface area (TPSA) is 48.1 Å². The van der Waals surface area contributed by atoms with Crippen LogP contribution in [0, 0.1) is 0 Å². The lowest BCUT2D eigenvalue weighted by Gasteiger charge is -2.07. The molecule has 0 fully saturated rings. The zero-order chi connectivity index (χ0) is 12.1. The second kappa shape index (κ2) is 5.66. The molecule has 1 aromatic carbocycles. The summed E-state index contributed by atoms with van der Waals surface area (Å²) in [5.74, 6) is 0.540. The van der Waals surface area contributed by atoms with Gasteiger partial charge in [0.1, 0.15) is 6.61 Å². The Kier molecular flexibility index (Phi) is 3.96. The lowest BCUT2D eigenvalue weighted by Crippen LogP contribution is -2.03. The minimum Gasteiger partial charge on any atom is -0.473 e.